The largest absolute Gasteiger partial charge is 0.377 e. The molecule has 2 aliphatic carbocycles. The third-order valence-corrected chi connectivity index (χ3v) is 8.37. The van der Waals surface area contributed by atoms with Gasteiger partial charge in [-0.15, -0.1) is 11.3 Å². The Hall–Kier alpha value is -0.850. The molecule has 1 saturated heterocycles. The third-order valence-electron chi connectivity index (χ3n) is 6.10. The topological polar surface area (TPSA) is 44.1 Å². The van der Waals surface area contributed by atoms with Crippen LogP contribution in [0.3, 0.4) is 0 Å². The van der Waals surface area contributed by atoms with Gasteiger partial charge in [0, 0.05) is 23.3 Å². The van der Waals surface area contributed by atoms with Gasteiger partial charge in [-0.3, -0.25) is 9.36 Å². The van der Waals surface area contributed by atoms with Crippen molar-refractivity contribution in [2.24, 2.45) is 0 Å². The average molecular weight is 391 g/mol. The Morgan fingerprint density at radius 3 is 2.77 bits per heavy atom. The molecule has 0 unspecified atom stereocenters. The van der Waals surface area contributed by atoms with E-state index in [1.54, 1.807) is 23.1 Å². The van der Waals surface area contributed by atoms with Gasteiger partial charge in [-0.2, -0.15) is 0 Å². The lowest BCUT2D eigenvalue weighted by molar-refractivity contribution is 0.129. The number of nitrogens with zero attached hydrogens (tertiary/aromatic N) is 2. The van der Waals surface area contributed by atoms with Crippen LogP contribution in [-0.4, -0.2) is 28.0 Å². The van der Waals surface area contributed by atoms with Crippen LogP contribution in [0.5, 0.6) is 0 Å². The van der Waals surface area contributed by atoms with E-state index in [-0.39, 0.29) is 5.56 Å². The molecule has 1 atom stereocenters. The summed E-state index contributed by atoms with van der Waals surface area (Å²) in [6.07, 6.45) is 11.9. The molecule has 0 bridgehead atoms. The minimum Gasteiger partial charge on any atom is -0.377 e. The normalized spacial score (nSPS) is 23.8. The van der Waals surface area contributed by atoms with Crippen LogP contribution in [0.2, 0.25) is 0 Å². The van der Waals surface area contributed by atoms with E-state index in [1.807, 2.05) is 0 Å². The molecule has 3 heterocycles. The Bertz CT molecular complexity index is 861. The summed E-state index contributed by atoms with van der Waals surface area (Å²) < 4.78 is 7.86. The van der Waals surface area contributed by atoms with Crippen LogP contribution < -0.4 is 5.56 Å². The second kappa shape index (κ2) is 7.28. The van der Waals surface area contributed by atoms with Crippen LogP contribution in [0.1, 0.15) is 67.8 Å². The number of fused-ring (bicyclic) bond motifs is 3. The summed E-state index contributed by atoms with van der Waals surface area (Å²) in [5.41, 5.74) is 1.55. The number of thioether (sulfide) groups is 1. The highest BCUT2D eigenvalue weighted by atomic mass is 32.2. The molecule has 1 saturated carbocycles. The van der Waals surface area contributed by atoms with E-state index in [2.05, 4.69) is 4.57 Å². The number of aryl methyl sites for hydroxylation is 2. The monoisotopic (exact) mass is 390 g/mol. The lowest BCUT2D eigenvalue weighted by Gasteiger charge is -2.19. The van der Waals surface area contributed by atoms with Gasteiger partial charge in [-0.25, -0.2) is 4.98 Å². The summed E-state index contributed by atoms with van der Waals surface area (Å²) in [5, 5.41) is 1.88. The average Bonchev–Trinajstić information content (AvgIpc) is 3.39. The fraction of sp³-hybridized carbons (Fsp3) is 0.700. The highest BCUT2D eigenvalue weighted by Crippen LogP contribution is 2.37. The second-order valence-electron chi connectivity index (χ2n) is 7.84. The standard InChI is InChI=1S/C20H26N2O2S2/c23-19-17-15-9-3-4-10-16(15)26-18(17)21-20(22(19)13-6-1-2-7-13)25-12-14-8-5-11-24-14/h13-14H,1-12H2/t14-/m1/s1. The molecule has 2 aromatic rings. The van der Waals surface area contributed by atoms with E-state index < -0.39 is 0 Å². The maximum atomic E-state index is 13.6. The van der Waals surface area contributed by atoms with Gasteiger partial charge in [0.15, 0.2) is 5.16 Å². The molecular weight excluding hydrogens is 364 g/mol. The molecule has 4 nitrogen and oxygen atoms in total. The van der Waals surface area contributed by atoms with E-state index in [0.29, 0.717) is 12.1 Å². The van der Waals surface area contributed by atoms with Crippen molar-refractivity contribution in [2.75, 3.05) is 12.4 Å². The fourth-order valence-corrected chi connectivity index (χ4v) is 7.16. The van der Waals surface area contributed by atoms with Crippen LogP contribution >= 0.6 is 23.1 Å². The van der Waals surface area contributed by atoms with Crippen LogP contribution in [-0.2, 0) is 17.6 Å². The lowest BCUT2D eigenvalue weighted by atomic mass is 9.97. The molecule has 0 radical (unpaired) electrons. The third kappa shape index (κ3) is 3.04. The summed E-state index contributed by atoms with van der Waals surface area (Å²) in [5.74, 6) is 0.912. The predicted octanol–water partition coefficient (Wildman–Crippen LogP) is 4.72. The molecule has 140 valence electrons. The van der Waals surface area contributed by atoms with E-state index in [4.69, 9.17) is 9.72 Å². The summed E-state index contributed by atoms with van der Waals surface area (Å²) in [6, 6.07) is 0.338. The van der Waals surface area contributed by atoms with Gasteiger partial charge in [-0.05, 0) is 56.9 Å². The van der Waals surface area contributed by atoms with Gasteiger partial charge < -0.3 is 4.74 Å². The number of aromatic nitrogens is 2. The first kappa shape index (κ1) is 17.3. The molecule has 3 aliphatic rings. The van der Waals surface area contributed by atoms with Crippen molar-refractivity contribution in [3.8, 4) is 0 Å². The predicted molar refractivity (Wildman–Crippen MR) is 108 cm³/mol. The molecule has 6 heteroatoms. The maximum Gasteiger partial charge on any atom is 0.263 e. The number of thiophene rings is 1. The van der Waals surface area contributed by atoms with Crippen LogP contribution in [0, 0.1) is 0 Å². The molecule has 1 aliphatic heterocycles. The van der Waals surface area contributed by atoms with E-state index in [1.165, 1.54) is 36.1 Å². The summed E-state index contributed by atoms with van der Waals surface area (Å²) in [6.45, 7) is 0.880. The summed E-state index contributed by atoms with van der Waals surface area (Å²) in [7, 11) is 0. The van der Waals surface area contributed by atoms with Crippen LogP contribution in [0.15, 0.2) is 9.95 Å². The number of hydrogen-bond acceptors (Lipinski definition) is 5. The Labute approximate surface area is 162 Å². The minimum atomic E-state index is 0.233. The number of ether oxygens (including phenoxy) is 1. The number of hydrogen-bond donors (Lipinski definition) is 0. The van der Waals surface area contributed by atoms with Crippen molar-refractivity contribution < 1.29 is 4.74 Å². The Kier molecular flexibility index (Phi) is 4.84. The van der Waals surface area contributed by atoms with Crippen LogP contribution in [0.4, 0.5) is 0 Å². The zero-order valence-corrected chi connectivity index (χ0v) is 16.8. The van der Waals surface area contributed by atoms with Gasteiger partial charge in [0.05, 0.1) is 11.5 Å². The maximum absolute atomic E-state index is 13.6. The Morgan fingerprint density at radius 2 is 1.96 bits per heavy atom. The highest BCUT2D eigenvalue weighted by Gasteiger charge is 2.27. The Morgan fingerprint density at radius 1 is 1.12 bits per heavy atom. The SMILES string of the molecule is O=c1c2c3c(sc2nc(SC[C@H]2CCCO2)n1C1CCCC1)CCCC3. The molecule has 2 aromatic heterocycles. The van der Waals surface area contributed by atoms with E-state index >= 15 is 0 Å². The van der Waals surface area contributed by atoms with Gasteiger partial charge in [0.2, 0.25) is 0 Å². The molecule has 5 rings (SSSR count). The molecule has 2 fully saturated rings. The molecule has 0 spiro atoms. The van der Waals surface area contributed by atoms with E-state index in [9.17, 15) is 4.79 Å². The van der Waals surface area contributed by atoms with Crippen molar-refractivity contribution in [3.05, 3.63) is 20.8 Å². The van der Waals surface area contributed by atoms with Gasteiger partial charge in [0.1, 0.15) is 4.83 Å². The highest BCUT2D eigenvalue weighted by molar-refractivity contribution is 7.99. The van der Waals surface area contributed by atoms with Crippen molar-refractivity contribution in [1.82, 2.24) is 9.55 Å². The molecule has 0 amide bonds. The quantitative estimate of drug-likeness (QED) is 0.559. The smallest absolute Gasteiger partial charge is 0.263 e. The van der Waals surface area contributed by atoms with Crippen molar-refractivity contribution in [2.45, 2.75) is 81.5 Å². The molecule has 26 heavy (non-hydrogen) atoms. The lowest BCUT2D eigenvalue weighted by Crippen LogP contribution is -2.27. The summed E-state index contributed by atoms with van der Waals surface area (Å²) >= 11 is 3.51. The van der Waals surface area contributed by atoms with Crippen molar-refractivity contribution in [3.63, 3.8) is 0 Å². The summed E-state index contributed by atoms with van der Waals surface area (Å²) in [4.78, 5) is 21.0. The van der Waals surface area contributed by atoms with E-state index in [0.717, 1.165) is 66.3 Å². The first-order valence-corrected chi connectivity index (χ1v) is 11.9. The number of rotatable bonds is 4. The Balaban J connectivity index is 1.59. The van der Waals surface area contributed by atoms with Crippen molar-refractivity contribution in [1.29, 1.82) is 0 Å². The van der Waals surface area contributed by atoms with Crippen LogP contribution in [0.25, 0.3) is 10.2 Å². The van der Waals surface area contributed by atoms with Gasteiger partial charge in [-0.1, -0.05) is 24.6 Å². The first-order valence-electron chi connectivity index (χ1n) is 10.1. The zero-order valence-electron chi connectivity index (χ0n) is 15.2. The molecular formula is C20H26N2O2S2. The second-order valence-corrected chi connectivity index (χ2v) is 9.92. The van der Waals surface area contributed by atoms with Crippen molar-refractivity contribution >= 4 is 33.3 Å². The molecule has 0 aromatic carbocycles. The first-order chi connectivity index (χ1) is 12.8. The van der Waals surface area contributed by atoms with Gasteiger partial charge in [0.25, 0.3) is 5.56 Å². The fourth-order valence-electron chi connectivity index (χ4n) is 4.73. The van der Waals surface area contributed by atoms with Gasteiger partial charge >= 0.3 is 0 Å². The zero-order chi connectivity index (χ0) is 17.5. The minimum absolute atomic E-state index is 0.233. The molecule has 0 N–H and O–H groups in total.